The fourth-order valence-electron chi connectivity index (χ4n) is 2.18. The monoisotopic (exact) mass is 319 g/mol. The van der Waals surface area contributed by atoms with Crippen molar-refractivity contribution in [2.45, 2.75) is 19.5 Å². The highest BCUT2D eigenvalue weighted by atomic mass is 16.5. The number of hydrogen-bond donors (Lipinski definition) is 1. The summed E-state index contributed by atoms with van der Waals surface area (Å²) in [5.74, 6) is 1.61. The molecule has 0 atom stereocenters. The maximum atomic E-state index is 11.9. The summed E-state index contributed by atoms with van der Waals surface area (Å²) in [5, 5.41) is 6.93. The molecule has 0 saturated carbocycles. The fourth-order valence-corrected chi connectivity index (χ4v) is 2.18. The maximum absolute atomic E-state index is 11.9. The molecule has 0 unspecified atom stereocenters. The number of nitrogens with one attached hydrogen (secondary N) is 1. The molecule has 0 fully saturated rings. The van der Waals surface area contributed by atoms with Gasteiger partial charge in [-0.3, -0.25) is 9.48 Å². The van der Waals surface area contributed by atoms with Crippen molar-refractivity contribution >= 4 is 5.91 Å². The molecular formula is C16H21N3O4. The van der Waals surface area contributed by atoms with Crippen LogP contribution in [0, 0.1) is 0 Å². The van der Waals surface area contributed by atoms with Crippen molar-refractivity contribution in [1.82, 2.24) is 15.1 Å². The molecule has 0 aliphatic carbocycles. The van der Waals surface area contributed by atoms with Gasteiger partial charge in [-0.1, -0.05) is 0 Å². The third-order valence-corrected chi connectivity index (χ3v) is 3.34. The minimum absolute atomic E-state index is 0.0470. The molecule has 0 radical (unpaired) electrons. The Morgan fingerprint density at radius 2 is 1.87 bits per heavy atom. The molecule has 1 aromatic carbocycles. The number of benzene rings is 1. The molecule has 124 valence electrons. The van der Waals surface area contributed by atoms with Crippen LogP contribution in [0.4, 0.5) is 0 Å². The number of carbonyl (C=O) groups is 1. The standard InChI is InChI=1S/C16H21N3O4/c1-21-13-9-12(10-14(22-2)16(13)23-3)11-17-15(20)5-8-19-7-4-6-18-19/h4,6-7,9-10H,5,8,11H2,1-3H3,(H,17,20). The van der Waals surface area contributed by atoms with Gasteiger partial charge in [0, 0.05) is 31.9 Å². The normalized spacial score (nSPS) is 10.2. The number of methoxy groups -OCH3 is 3. The Morgan fingerprint density at radius 1 is 1.17 bits per heavy atom. The van der Waals surface area contributed by atoms with Crippen molar-refractivity contribution in [1.29, 1.82) is 0 Å². The molecule has 2 aromatic rings. The summed E-state index contributed by atoms with van der Waals surface area (Å²) in [5.41, 5.74) is 0.868. The topological polar surface area (TPSA) is 74.6 Å². The van der Waals surface area contributed by atoms with Crippen LogP contribution in [0.25, 0.3) is 0 Å². The van der Waals surface area contributed by atoms with E-state index in [0.717, 1.165) is 5.56 Å². The van der Waals surface area contributed by atoms with Crippen LogP contribution in [-0.2, 0) is 17.9 Å². The van der Waals surface area contributed by atoms with Gasteiger partial charge < -0.3 is 19.5 Å². The highest BCUT2D eigenvalue weighted by Crippen LogP contribution is 2.38. The van der Waals surface area contributed by atoms with Crippen molar-refractivity contribution < 1.29 is 19.0 Å². The summed E-state index contributed by atoms with van der Waals surface area (Å²) in [6, 6.07) is 5.46. The van der Waals surface area contributed by atoms with E-state index in [2.05, 4.69) is 10.4 Å². The molecule has 1 aromatic heterocycles. The average molecular weight is 319 g/mol. The quantitative estimate of drug-likeness (QED) is 0.800. The number of hydrogen-bond acceptors (Lipinski definition) is 5. The molecule has 0 aliphatic heterocycles. The summed E-state index contributed by atoms with van der Waals surface area (Å²) >= 11 is 0. The SMILES string of the molecule is COc1cc(CNC(=O)CCn2cccn2)cc(OC)c1OC. The van der Waals surface area contributed by atoms with Gasteiger partial charge in [0.05, 0.1) is 21.3 Å². The Balaban J connectivity index is 1.95. The van der Waals surface area contributed by atoms with Crippen LogP contribution in [0.2, 0.25) is 0 Å². The Labute approximate surface area is 135 Å². The third-order valence-electron chi connectivity index (χ3n) is 3.34. The first kappa shape index (κ1) is 16.7. The molecule has 1 heterocycles. The van der Waals surface area contributed by atoms with E-state index in [-0.39, 0.29) is 5.91 Å². The zero-order valence-electron chi connectivity index (χ0n) is 13.5. The van der Waals surface area contributed by atoms with Crippen LogP contribution in [-0.4, -0.2) is 37.0 Å². The van der Waals surface area contributed by atoms with E-state index in [4.69, 9.17) is 14.2 Å². The fraction of sp³-hybridized carbons (Fsp3) is 0.375. The largest absolute Gasteiger partial charge is 0.493 e. The zero-order valence-corrected chi connectivity index (χ0v) is 13.5. The molecule has 1 N–H and O–H groups in total. The number of amides is 1. The number of ether oxygens (including phenoxy) is 3. The van der Waals surface area contributed by atoms with Gasteiger partial charge in [0.25, 0.3) is 0 Å². The van der Waals surface area contributed by atoms with Crippen LogP contribution in [0.3, 0.4) is 0 Å². The van der Waals surface area contributed by atoms with Crippen LogP contribution < -0.4 is 19.5 Å². The van der Waals surface area contributed by atoms with Gasteiger partial charge in [-0.15, -0.1) is 0 Å². The highest BCUT2D eigenvalue weighted by molar-refractivity contribution is 5.75. The molecule has 1 amide bonds. The lowest BCUT2D eigenvalue weighted by Crippen LogP contribution is -2.24. The maximum Gasteiger partial charge on any atom is 0.222 e. The van der Waals surface area contributed by atoms with E-state index >= 15 is 0 Å². The lowest BCUT2D eigenvalue weighted by molar-refractivity contribution is -0.121. The zero-order chi connectivity index (χ0) is 16.7. The summed E-state index contributed by atoms with van der Waals surface area (Å²) in [6.45, 7) is 0.933. The van der Waals surface area contributed by atoms with Gasteiger partial charge in [-0.25, -0.2) is 0 Å². The lowest BCUT2D eigenvalue weighted by atomic mass is 10.1. The Morgan fingerprint density at radius 3 is 2.39 bits per heavy atom. The molecule has 0 aliphatic rings. The molecule has 0 saturated heterocycles. The van der Waals surface area contributed by atoms with Gasteiger partial charge in [-0.2, -0.15) is 5.10 Å². The minimum atomic E-state index is -0.0470. The van der Waals surface area contributed by atoms with E-state index in [1.807, 2.05) is 24.4 Å². The molecular weight excluding hydrogens is 298 g/mol. The summed E-state index contributed by atoms with van der Waals surface area (Å²) in [7, 11) is 4.67. The van der Waals surface area contributed by atoms with E-state index in [0.29, 0.717) is 36.8 Å². The van der Waals surface area contributed by atoms with E-state index in [1.165, 1.54) is 0 Å². The molecule has 0 spiro atoms. The second-order valence-electron chi connectivity index (χ2n) is 4.83. The van der Waals surface area contributed by atoms with Gasteiger partial charge in [0.1, 0.15) is 0 Å². The number of rotatable bonds is 8. The number of aryl methyl sites for hydroxylation is 1. The van der Waals surface area contributed by atoms with E-state index in [1.54, 1.807) is 32.2 Å². The van der Waals surface area contributed by atoms with Gasteiger partial charge in [-0.05, 0) is 23.8 Å². The van der Waals surface area contributed by atoms with Gasteiger partial charge >= 0.3 is 0 Å². The first-order valence-electron chi connectivity index (χ1n) is 7.21. The second-order valence-corrected chi connectivity index (χ2v) is 4.83. The van der Waals surface area contributed by atoms with Crippen LogP contribution in [0.15, 0.2) is 30.6 Å². The summed E-state index contributed by atoms with van der Waals surface area (Å²) in [6.07, 6.45) is 3.88. The predicted octanol–water partition coefficient (Wildman–Crippen LogP) is 1.62. The summed E-state index contributed by atoms with van der Waals surface area (Å²) < 4.78 is 17.6. The molecule has 2 rings (SSSR count). The highest BCUT2D eigenvalue weighted by Gasteiger charge is 2.13. The van der Waals surface area contributed by atoms with Crippen molar-refractivity contribution in [2.24, 2.45) is 0 Å². The third kappa shape index (κ3) is 4.38. The molecule has 7 nitrogen and oxygen atoms in total. The second kappa shape index (κ2) is 8.07. The van der Waals surface area contributed by atoms with Crippen molar-refractivity contribution in [2.75, 3.05) is 21.3 Å². The Kier molecular flexibility index (Phi) is 5.85. The number of aromatic nitrogens is 2. The summed E-state index contributed by atoms with van der Waals surface area (Å²) in [4.78, 5) is 11.9. The van der Waals surface area contributed by atoms with Crippen molar-refractivity contribution in [3.8, 4) is 17.2 Å². The van der Waals surface area contributed by atoms with Crippen LogP contribution in [0.5, 0.6) is 17.2 Å². The van der Waals surface area contributed by atoms with E-state index < -0.39 is 0 Å². The first-order valence-corrected chi connectivity index (χ1v) is 7.21. The van der Waals surface area contributed by atoms with Gasteiger partial charge in [0.2, 0.25) is 11.7 Å². The van der Waals surface area contributed by atoms with Gasteiger partial charge in [0.15, 0.2) is 11.5 Å². The van der Waals surface area contributed by atoms with Crippen molar-refractivity contribution in [3.05, 3.63) is 36.2 Å². The Hall–Kier alpha value is -2.70. The van der Waals surface area contributed by atoms with Crippen LogP contribution >= 0.6 is 0 Å². The molecule has 7 heteroatoms. The smallest absolute Gasteiger partial charge is 0.222 e. The number of carbonyl (C=O) groups excluding carboxylic acids is 1. The Bertz CT molecular complexity index is 616. The molecule has 23 heavy (non-hydrogen) atoms. The minimum Gasteiger partial charge on any atom is -0.493 e. The lowest BCUT2D eigenvalue weighted by Gasteiger charge is -2.14. The number of nitrogens with zero attached hydrogens (tertiary/aromatic N) is 2. The van der Waals surface area contributed by atoms with Crippen molar-refractivity contribution in [3.63, 3.8) is 0 Å². The predicted molar refractivity (Wildman–Crippen MR) is 84.8 cm³/mol. The van der Waals surface area contributed by atoms with Crippen LogP contribution in [0.1, 0.15) is 12.0 Å². The molecule has 0 bridgehead atoms. The average Bonchev–Trinajstić information content (AvgIpc) is 3.10. The van der Waals surface area contributed by atoms with E-state index in [9.17, 15) is 4.79 Å². The first-order chi connectivity index (χ1) is 11.2.